The van der Waals surface area contributed by atoms with Crippen LogP contribution in [0.15, 0.2) is 18.3 Å². The normalized spacial score (nSPS) is 37.6. The number of piperidine rings is 1. The molecule has 2 bridgehead atoms. The van der Waals surface area contributed by atoms with Gasteiger partial charge in [-0.2, -0.15) is 0 Å². The number of fused-ring (bicyclic) bond motifs is 2. The van der Waals surface area contributed by atoms with Crippen molar-refractivity contribution in [2.75, 3.05) is 20.2 Å². The number of primary amides is 1. The van der Waals surface area contributed by atoms with Gasteiger partial charge in [0.05, 0.1) is 0 Å². The van der Waals surface area contributed by atoms with Gasteiger partial charge in [0.25, 0.3) is 5.91 Å². The lowest BCUT2D eigenvalue weighted by Gasteiger charge is -2.56. The van der Waals surface area contributed by atoms with Gasteiger partial charge in [0, 0.05) is 44.3 Å². The first-order valence-electron chi connectivity index (χ1n) is 10.1. The van der Waals surface area contributed by atoms with Gasteiger partial charge in [-0.3, -0.25) is 14.7 Å². The first kappa shape index (κ1) is 17.9. The Labute approximate surface area is 156 Å². The summed E-state index contributed by atoms with van der Waals surface area (Å²) in [5.74, 6) is 1.30. The van der Waals surface area contributed by atoms with Crippen LogP contribution in [0, 0.1) is 17.8 Å². The number of carbonyl (C=O) groups excluding carboxylic acids is 1. The van der Waals surface area contributed by atoms with E-state index in [-0.39, 0.29) is 5.60 Å². The Morgan fingerprint density at radius 2 is 2.00 bits per heavy atom. The Morgan fingerprint density at radius 1 is 1.27 bits per heavy atom. The first-order chi connectivity index (χ1) is 12.5. The topological polar surface area (TPSA) is 68.5 Å². The van der Waals surface area contributed by atoms with Gasteiger partial charge in [-0.05, 0) is 55.7 Å². The summed E-state index contributed by atoms with van der Waals surface area (Å²) in [6, 6.07) is 4.63. The fourth-order valence-electron chi connectivity index (χ4n) is 6.01. The van der Waals surface area contributed by atoms with Crippen molar-refractivity contribution in [2.24, 2.45) is 23.5 Å². The number of likely N-dealkylation sites (tertiary alicyclic amines) is 1. The van der Waals surface area contributed by atoms with Crippen LogP contribution in [-0.2, 0) is 10.3 Å². The van der Waals surface area contributed by atoms with Crippen LogP contribution in [-0.4, -0.2) is 42.0 Å². The molecular weight excluding hydrogens is 326 g/mol. The van der Waals surface area contributed by atoms with Crippen molar-refractivity contribution in [3.63, 3.8) is 0 Å². The van der Waals surface area contributed by atoms with Crippen molar-refractivity contribution in [3.8, 4) is 0 Å². The van der Waals surface area contributed by atoms with Gasteiger partial charge < -0.3 is 10.5 Å². The van der Waals surface area contributed by atoms with Crippen LogP contribution in [0.1, 0.15) is 61.5 Å². The van der Waals surface area contributed by atoms with Crippen molar-refractivity contribution in [1.82, 2.24) is 9.88 Å². The molecule has 26 heavy (non-hydrogen) atoms. The summed E-state index contributed by atoms with van der Waals surface area (Å²) in [5, 5.41) is 0. The zero-order valence-corrected chi connectivity index (χ0v) is 16.0. The minimum atomic E-state index is -0.472. The molecule has 3 aliphatic rings. The van der Waals surface area contributed by atoms with E-state index in [0.29, 0.717) is 17.5 Å². The maximum atomic E-state index is 11.6. The van der Waals surface area contributed by atoms with Crippen LogP contribution in [0.5, 0.6) is 0 Å². The second-order valence-electron chi connectivity index (χ2n) is 8.64. The molecular formula is C21H31N3O2. The number of pyridine rings is 1. The van der Waals surface area contributed by atoms with Gasteiger partial charge in [0.1, 0.15) is 11.3 Å². The molecule has 0 radical (unpaired) electrons. The number of nitrogens with zero attached hydrogens (tertiary/aromatic N) is 2. The van der Waals surface area contributed by atoms with Crippen LogP contribution < -0.4 is 5.73 Å². The van der Waals surface area contributed by atoms with Crippen LogP contribution >= 0.6 is 0 Å². The van der Waals surface area contributed by atoms with E-state index < -0.39 is 5.91 Å². The lowest BCUT2D eigenvalue weighted by molar-refractivity contribution is -0.174. The predicted molar refractivity (Wildman–Crippen MR) is 101 cm³/mol. The van der Waals surface area contributed by atoms with Crippen molar-refractivity contribution >= 4 is 5.91 Å². The SMILES string of the molecule is COC1(c2ccnc(C(N)=O)c2)C2CCCC1CN(C1CC[C@H](C)C1)C2. The molecule has 2 saturated carbocycles. The molecule has 1 saturated heterocycles. The standard InChI is InChI=1S/C21H31N3O2/c1-14-6-7-18(10-14)24-12-16-4-3-5-17(13-24)21(16,26-2)15-8-9-23-19(11-15)20(22)25/h8-9,11,14,16-18H,3-7,10,12-13H2,1-2H3,(H2,22,25)/t14-,16?,17?,18?,21?/m0/s1. The molecule has 1 aromatic heterocycles. The zero-order chi connectivity index (χ0) is 18.3. The Balaban J connectivity index is 1.66. The number of rotatable bonds is 4. The number of aromatic nitrogens is 1. The van der Waals surface area contributed by atoms with E-state index in [1.807, 2.05) is 19.2 Å². The van der Waals surface area contributed by atoms with Gasteiger partial charge in [0.15, 0.2) is 0 Å². The molecule has 0 spiro atoms. The average molecular weight is 357 g/mol. The Bertz CT molecular complexity index is 663. The predicted octanol–water partition coefficient (Wildman–Crippen LogP) is 2.94. The quantitative estimate of drug-likeness (QED) is 0.899. The van der Waals surface area contributed by atoms with Gasteiger partial charge in [0.2, 0.25) is 0 Å². The van der Waals surface area contributed by atoms with Crippen LogP contribution in [0.4, 0.5) is 0 Å². The van der Waals surface area contributed by atoms with E-state index in [9.17, 15) is 4.79 Å². The molecule has 3 unspecified atom stereocenters. The van der Waals surface area contributed by atoms with E-state index in [1.54, 1.807) is 6.20 Å². The van der Waals surface area contributed by atoms with E-state index in [4.69, 9.17) is 10.5 Å². The van der Waals surface area contributed by atoms with Crippen LogP contribution in [0.3, 0.4) is 0 Å². The summed E-state index contributed by atoms with van der Waals surface area (Å²) in [4.78, 5) is 18.5. The van der Waals surface area contributed by atoms with Gasteiger partial charge in [-0.25, -0.2) is 0 Å². The second kappa shape index (κ2) is 6.93. The number of nitrogens with two attached hydrogens (primary N) is 1. The Morgan fingerprint density at radius 3 is 2.58 bits per heavy atom. The molecule has 4 atom stereocenters. The molecule has 1 aromatic rings. The summed E-state index contributed by atoms with van der Waals surface area (Å²) in [7, 11) is 1.84. The van der Waals surface area contributed by atoms with Crippen LogP contribution in [0.2, 0.25) is 0 Å². The summed E-state index contributed by atoms with van der Waals surface area (Å²) >= 11 is 0. The van der Waals surface area contributed by atoms with Crippen molar-refractivity contribution in [1.29, 1.82) is 0 Å². The summed E-state index contributed by atoms with van der Waals surface area (Å²) < 4.78 is 6.29. The maximum Gasteiger partial charge on any atom is 0.267 e. The van der Waals surface area contributed by atoms with Gasteiger partial charge in [-0.1, -0.05) is 13.3 Å². The second-order valence-corrected chi connectivity index (χ2v) is 8.64. The summed E-state index contributed by atoms with van der Waals surface area (Å²) in [6.45, 7) is 4.57. The van der Waals surface area contributed by atoms with Gasteiger partial charge >= 0.3 is 0 Å². The fourth-order valence-corrected chi connectivity index (χ4v) is 6.01. The lowest BCUT2D eigenvalue weighted by Crippen LogP contribution is -2.60. The minimum Gasteiger partial charge on any atom is -0.373 e. The molecule has 3 fully saturated rings. The van der Waals surface area contributed by atoms with Crippen molar-refractivity contribution in [2.45, 2.75) is 57.1 Å². The number of amides is 1. The molecule has 142 valence electrons. The lowest BCUT2D eigenvalue weighted by atomic mass is 9.62. The number of ether oxygens (including phenoxy) is 1. The molecule has 2 aliphatic carbocycles. The molecule has 5 nitrogen and oxygen atoms in total. The van der Waals surface area contributed by atoms with Gasteiger partial charge in [-0.15, -0.1) is 0 Å². The molecule has 1 aliphatic heterocycles. The third-order valence-corrected chi connectivity index (χ3v) is 7.21. The highest BCUT2D eigenvalue weighted by Crippen LogP contribution is 2.52. The number of methoxy groups -OCH3 is 1. The van der Waals surface area contributed by atoms with E-state index >= 15 is 0 Å². The molecule has 2 N–H and O–H groups in total. The zero-order valence-electron chi connectivity index (χ0n) is 16.0. The monoisotopic (exact) mass is 357 g/mol. The van der Waals surface area contributed by atoms with Crippen molar-refractivity contribution < 1.29 is 9.53 Å². The fraction of sp³-hybridized carbons (Fsp3) is 0.714. The molecule has 2 heterocycles. The Hall–Kier alpha value is -1.46. The average Bonchev–Trinajstić information content (AvgIpc) is 3.07. The van der Waals surface area contributed by atoms with Crippen LogP contribution in [0.25, 0.3) is 0 Å². The number of carbonyl (C=O) groups is 1. The number of hydrogen-bond acceptors (Lipinski definition) is 4. The number of hydrogen-bond donors (Lipinski definition) is 1. The highest BCUT2D eigenvalue weighted by molar-refractivity contribution is 5.90. The largest absolute Gasteiger partial charge is 0.373 e. The third-order valence-electron chi connectivity index (χ3n) is 7.21. The summed E-state index contributed by atoms with van der Waals surface area (Å²) in [5.41, 5.74) is 6.58. The highest BCUT2D eigenvalue weighted by atomic mass is 16.5. The highest BCUT2D eigenvalue weighted by Gasteiger charge is 2.54. The van der Waals surface area contributed by atoms with Crippen molar-refractivity contribution in [3.05, 3.63) is 29.6 Å². The minimum absolute atomic E-state index is 0.313. The third kappa shape index (κ3) is 2.85. The molecule has 1 amide bonds. The van der Waals surface area contributed by atoms with E-state index in [2.05, 4.69) is 16.8 Å². The smallest absolute Gasteiger partial charge is 0.267 e. The molecule has 5 heteroatoms. The van der Waals surface area contributed by atoms with E-state index in [0.717, 1.165) is 30.6 Å². The Kier molecular flexibility index (Phi) is 4.78. The van der Waals surface area contributed by atoms with E-state index in [1.165, 1.54) is 38.5 Å². The molecule has 4 rings (SSSR count). The summed E-state index contributed by atoms with van der Waals surface area (Å²) in [6.07, 6.45) is 9.36. The molecule has 0 aromatic carbocycles. The maximum absolute atomic E-state index is 11.6. The first-order valence-corrected chi connectivity index (χ1v) is 10.1.